The van der Waals surface area contributed by atoms with Crippen LogP contribution in [-0.4, -0.2) is 20.6 Å². The Kier molecular flexibility index (Phi) is 5.91. The third kappa shape index (κ3) is 4.54. The molecule has 0 amide bonds. The third-order valence-electron chi connectivity index (χ3n) is 3.94. The second kappa shape index (κ2) is 8.18. The molecule has 0 saturated heterocycles. The van der Waals surface area contributed by atoms with E-state index >= 15 is 0 Å². The molecule has 1 unspecified atom stereocenters. The molecule has 2 N–H and O–H groups in total. The molecule has 2 aromatic carbocycles. The van der Waals surface area contributed by atoms with Gasteiger partial charge < -0.3 is 9.84 Å². The van der Waals surface area contributed by atoms with Gasteiger partial charge in [0.25, 0.3) is 0 Å². The first-order chi connectivity index (χ1) is 12.9. The molecule has 0 saturated carbocycles. The van der Waals surface area contributed by atoms with Gasteiger partial charge in [-0.2, -0.15) is 0 Å². The molecule has 0 radical (unpaired) electrons. The number of hydrogen-bond acceptors (Lipinski definition) is 5. The second-order valence-electron chi connectivity index (χ2n) is 5.74. The van der Waals surface area contributed by atoms with E-state index in [4.69, 9.17) is 4.74 Å². The highest BCUT2D eigenvalue weighted by Gasteiger charge is 2.18. The predicted octanol–water partition coefficient (Wildman–Crippen LogP) is 3.46. The normalized spacial score (nSPS) is 12.7. The highest BCUT2D eigenvalue weighted by Crippen LogP contribution is 2.28. The summed E-state index contributed by atoms with van der Waals surface area (Å²) in [5.41, 5.74) is 0.764. The first kappa shape index (κ1) is 19.5. The summed E-state index contributed by atoms with van der Waals surface area (Å²) < 4.78 is 45.7. The maximum Gasteiger partial charge on any atom is 0.241 e. The zero-order chi connectivity index (χ0) is 19.4. The van der Waals surface area contributed by atoms with Gasteiger partial charge in [0.2, 0.25) is 10.0 Å². The van der Waals surface area contributed by atoms with Gasteiger partial charge in [0, 0.05) is 16.3 Å². The van der Waals surface area contributed by atoms with E-state index in [-0.39, 0.29) is 17.2 Å². The average Bonchev–Trinajstić information content (AvgIpc) is 3.15. The molecule has 0 aliphatic carbocycles. The summed E-state index contributed by atoms with van der Waals surface area (Å²) in [6.45, 7) is 0.0438. The SMILES string of the molecule is COc1ccc(S(=O)(=O)NCc2ccc(C(O)c3ccccc3)s2)cc1F. The van der Waals surface area contributed by atoms with Crippen molar-refractivity contribution in [3.05, 3.63) is 81.8 Å². The van der Waals surface area contributed by atoms with Crippen LogP contribution in [0.4, 0.5) is 4.39 Å². The monoisotopic (exact) mass is 407 g/mol. The molecule has 8 heteroatoms. The summed E-state index contributed by atoms with van der Waals surface area (Å²) in [5.74, 6) is -0.767. The molecule has 1 heterocycles. The number of hydrogen-bond donors (Lipinski definition) is 2. The molecule has 142 valence electrons. The Morgan fingerprint density at radius 3 is 2.56 bits per heavy atom. The number of thiophene rings is 1. The van der Waals surface area contributed by atoms with Crippen LogP contribution in [0, 0.1) is 5.82 Å². The lowest BCUT2D eigenvalue weighted by molar-refractivity contribution is 0.224. The van der Waals surface area contributed by atoms with Gasteiger partial charge in [-0.3, -0.25) is 0 Å². The first-order valence-electron chi connectivity index (χ1n) is 8.05. The standard InChI is InChI=1S/C19H18FNO4S2/c1-25-17-9-8-15(11-16(17)20)27(23,24)21-12-14-7-10-18(26-14)19(22)13-5-3-2-4-6-13/h2-11,19,21-22H,12H2,1H3. The van der Waals surface area contributed by atoms with Gasteiger partial charge in [-0.05, 0) is 35.9 Å². The summed E-state index contributed by atoms with van der Waals surface area (Å²) in [7, 11) is -2.56. The highest BCUT2D eigenvalue weighted by molar-refractivity contribution is 7.89. The minimum atomic E-state index is -3.87. The van der Waals surface area contributed by atoms with Crippen LogP contribution in [0.3, 0.4) is 0 Å². The Bertz CT molecular complexity index is 1020. The van der Waals surface area contributed by atoms with Crippen LogP contribution in [0.5, 0.6) is 5.75 Å². The number of benzene rings is 2. The Hall–Kier alpha value is -2.26. The largest absolute Gasteiger partial charge is 0.494 e. The van der Waals surface area contributed by atoms with Gasteiger partial charge in [0.05, 0.1) is 12.0 Å². The van der Waals surface area contributed by atoms with Crippen molar-refractivity contribution in [1.82, 2.24) is 4.72 Å². The van der Waals surface area contributed by atoms with Crippen molar-refractivity contribution in [3.63, 3.8) is 0 Å². The van der Waals surface area contributed by atoms with E-state index in [2.05, 4.69) is 4.72 Å². The minimum Gasteiger partial charge on any atom is -0.494 e. The van der Waals surface area contributed by atoms with E-state index in [1.54, 1.807) is 12.1 Å². The fourth-order valence-corrected chi connectivity index (χ4v) is 4.58. The highest BCUT2D eigenvalue weighted by atomic mass is 32.2. The molecule has 1 atom stereocenters. The smallest absolute Gasteiger partial charge is 0.241 e. The van der Waals surface area contributed by atoms with Crippen molar-refractivity contribution in [2.75, 3.05) is 7.11 Å². The molecule has 27 heavy (non-hydrogen) atoms. The average molecular weight is 407 g/mol. The van der Waals surface area contributed by atoms with Crippen molar-refractivity contribution in [2.45, 2.75) is 17.5 Å². The second-order valence-corrected chi connectivity index (χ2v) is 8.71. The van der Waals surface area contributed by atoms with Gasteiger partial charge in [-0.1, -0.05) is 30.3 Å². The fraction of sp³-hybridized carbons (Fsp3) is 0.158. The van der Waals surface area contributed by atoms with Crippen molar-refractivity contribution in [2.24, 2.45) is 0 Å². The van der Waals surface area contributed by atoms with Crippen LogP contribution in [0.2, 0.25) is 0 Å². The van der Waals surface area contributed by atoms with E-state index in [0.717, 1.165) is 16.5 Å². The number of rotatable bonds is 7. The fourth-order valence-electron chi connectivity index (χ4n) is 2.50. The van der Waals surface area contributed by atoms with Crippen LogP contribution >= 0.6 is 11.3 Å². The maximum absolute atomic E-state index is 13.8. The summed E-state index contributed by atoms with van der Waals surface area (Å²) >= 11 is 1.31. The number of ether oxygens (including phenoxy) is 1. The van der Waals surface area contributed by atoms with Crippen LogP contribution in [0.15, 0.2) is 65.6 Å². The van der Waals surface area contributed by atoms with Crippen LogP contribution < -0.4 is 9.46 Å². The molecule has 1 aromatic heterocycles. The quantitative estimate of drug-likeness (QED) is 0.629. The van der Waals surface area contributed by atoms with E-state index < -0.39 is 21.9 Å². The molecule has 3 aromatic rings. The lowest BCUT2D eigenvalue weighted by Gasteiger charge is -2.09. The third-order valence-corrected chi connectivity index (χ3v) is 6.47. The van der Waals surface area contributed by atoms with Crippen LogP contribution in [-0.2, 0) is 16.6 Å². The number of methoxy groups -OCH3 is 1. The molecule has 0 aliphatic heterocycles. The van der Waals surface area contributed by atoms with Crippen LogP contribution in [0.1, 0.15) is 21.4 Å². The summed E-state index contributed by atoms with van der Waals surface area (Å²) in [6, 6.07) is 16.2. The van der Waals surface area contributed by atoms with Crippen molar-refractivity contribution in [3.8, 4) is 5.75 Å². The molecule has 0 spiro atoms. The molecular formula is C19H18FNO4S2. The zero-order valence-corrected chi connectivity index (χ0v) is 16.1. The van der Waals surface area contributed by atoms with Gasteiger partial charge in [-0.25, -0.2) is 17.5 Å². The molecule has 5 nitrogen and oxygen atoms in total. The van der Waals surface area contributed by atoms with E-state index in [0.29, 0.717) is 4.88 Å². The lowest BCUT2D eigenvalue weighted by atomic mass is 10.1. The van der Waals surface area contributed by atoms with E-state index in [1.807, 2.05) is 30.3 Å². The Morgan fingerprint density at radius 2 is 1.89 bits per heavy atom. The van der Waals surface area contributed by atoms with Crippen LogP contribution in [0.25, 0.3) is 0 Å². The van der Waals surface area contributed by atoms with E-state index in [9.17, 15) is 17.9 Å². The topological polar surface area (TPSA) is 75.6 Å². The minimum absolute atomic E-state index is 0.0215. The first-order valence-corrected chi connectivity index (χ1v) is 10.4. The summed E-state index contributed by atoms with van der Waals surface area (Å²) in [5, 5.41) is 10.4. The number of aliphatic hydroxyl groups is 1. The predicted molar refractivity (Wildman–Crippen MR) is 102 cm³/mol. The van der Waals surface area contributed by atoms with Crippen molar-refractivity contribution in [1.29, 1.82) is 0 Å². The Balaban J connectivity index is 1.70. The summed E-state index contributed by atoms with van der Waals surface area (Å²) in [4.78, 5) is 1.27. The number of sulfonamides is 1. The molecule has 0 fully saturated rings. The van der Waals surface area contributed by atoms with E-state index in [1.165, 1.54) is 30.6 Å². The zero-order valence-electron chi connectivity index (χ0n) is 14.4. The van der Waals surface area contributed by atoms with Gasteiger partial charge in [-0.15, -0.1) is 11.3 Å². The number of halogens is 1. The maximum atomic E-state index is 13.8. The molecule has 0 aliphatic rings. The Labute approximate surface area is 161 Å². The summed E-state index contributed by atoms with van der Waals surface area (Å²) in [6.07, 6.45) is -0.766. The Morgan fingerprint density at radius 1 is 1.15 bits per heavy atom. The lowest BCUT2D eigenvalue weighted by Crippen LogP contribution is -2.22. The molecule has 3 rings (SSSR count). The van der Waals surface area contributed by atoms with Crippen molar-refractivity contribution >= 4 is 21.4 Å². The van der Waals surface area contributed by atoms with Gasteiger partial charge >= 0.3 is 0 Å². The molecule has 0 bridgehead atoms. The number of aliphatic hydroxyl groups excluding tert-OH is 1. The van der Waals surface area contributed by atoms with Crippen molar-refractivity contribution < 1.29 is 22.7 Å². The molecular weight excluding hydrogens is 389 g/mol. The van der Waals surface area contributed by atoms with Gasteiger partial charge in [0.15, 0.2) is 11.6 Å². The number of nitrogens with one attached hydrogen (secondary N) is 1. The van der Waals surface area contributed by atoms with Gasteiger partial charge in [0.1, 0.15) is 6.10 Å².